The Bertz CT molecular complexity index is 1160. The third-order valence-electron chi connectivity index (χ3n) is 4.00. The molecular weight excluding hydrogens is 431 g/mol. The maximum absolute atomic E-state index is 14.1. The van der Waals surface area contributed by atoms with Crippen LogP contribution in [0.5, 0.6) is 11.5 Å². The molecule has 0 aromatic heterocycles. The van der Waals surface area contributed by atoms with Gasteiger partial charge in [-0.15, -0.1) is 0 Å². The van der Waals surface area contributed by atoms with Crippen molar-refractivity contribution in [3.05, 3.63) is 83.6 Å². The minimum Gasteiger partial charge on any atom is -0.455 e. The zero-order chi connectivity index (χ0) is 21.7. The number of sulfonamides is 1. The molecule has 9 heteroatoms. The first kappa shape index (κ1) is 21.6. The van der Waals surface area contributed by atoms with Crippen molar-refractivity contribution in [3.8, 4) is 11.5 Å². The van der Waals surface area contributed by atoms with Crippen LogP contribution in [0.2, 0.25) is 5.02 Å². The summed E-state index contributed by atoms with van der Waals surface area (Å²) in [5.41, 5.74) is 0.0281. The number of nitrogens with one attached hydrogen (secondary N) is 1. The number of rotatable bonds is 7. The Morgan fingerprint density at radius 1 is 1.07 bits per heavy atom. The van der Waals surface area contributed by atoms with Crippen LogP contribution in [0, 0.1) is 5.82 Å². The van der Waals surface area contributed by atoms with Gasteiger partial charge in [-0.3, -0.25) is 9.10 Å². The molecule has 1 amide bonds. The topological polar surface area (TPSA) is 75.7 Å². The Morgan fingerprint density at radius 2 is 1.73 bits per heavy atom. The maximum Gasteiger partial charge on any atom is 0.245 e. The molecule has 0 aliphatic carbocycles. The first-order valence-electron chi connectivity index (χ1n) is 8.78. The van der Waals surface area contributed by atoms with Crippen molar-refractivity contribution in [2.24, 2.45) is 0 Å². The Hall–Kier alpha value is -3.10. The monoisotopic (exact) mass is 448 g/mol. The van der Waals surface area contributed by atoms with Gasteiger partial charge in [0.2, 0.25) is 15.9 Å². The maximum atomic E-state index is 14.1. The average Bonchev–Trinajstić information content (AvgIpc) is 2.69. The number of amides is 1. The molecule has 1 N–H and O–H groups in total. The fraction of sp³-hybridized carbons (Fsp3) is 0.0952. The second-order valence-corrected chi connectivity index (χ2v) is 8.67. The molecule has 0 fully saturated rings. The summed E-state index contributed by atoms with van der Waals surface area (Å²) in [5.74, 6) is -0.592. The predicted octanol–water partition coefficient (Wildman–Crippen LogP) is 4.68. The van der Waals surface area contributed by atoms with Crippen molar-refractivity contribution >= 4 is 38.9 Å². The number of ether oxygens (including phenoxy) is 1. The van der Waals surface area contributed by atoms with Crippen LogP contribution in [0.1, 0.15) is 0 Å². The van der Waals surface area contributed by atoms with E-state index in [4.69, 9.17) is 16.3 Å². The van der Waals surface area contributed by atoms with Crippen LogP contribution in [0.15, 0.2) is 72.8 Å². The van der Waals surface area contributed by atoms with Crippen molar-refractivity contribution in [3.63, 3.8) is 0 Å². The number of nitrogens with zero attached hydrogens (tertiary/aromatic N) is 1. The SMILES string of the molecule is CS(=O)(=O)N(CC(=O)Nc1cc(Cl)ccc1Oc1ccccc1)c1ccccc1F. The van der Waals surface area contributed by atoms with E-state index in [2.05, 4.69) is 5.32 Å². The number of benzene rings is 3. The summed E-state index contributed by atoms with van der Waals surface area (Å²) in [5, 5.41) is 2.93. The van der Waals surface area contributed by atoms with Gasteiger partial charge in [0, 0.05) is 5.02 Å². The molecule has 0 aliphatic rings. The molecule has 3 rings (SSSR count). The highest BCUT2D eigenvalue weighted by Gasteiger charge is 2.24. The van der Waals surface area contributed by atoms with Crippen LogP contribution in [0.4, 0.5) is 15.8 Å². The molecule has 0 spiro atoms. The molecule has 6 nitrogen and oxygen atoms in total. The van der Waals surface area contributed by atoms with Crippen LogP contribution in [0.3, 0.4) is 0 Å². The van der Waals surface area contributed by atoms with Crippen LogP contribution in [0.25, 0.3) is 0 Å². The van der Waals surface area contributed by atoms with Gasteiger partial charge in [0.1, 0.15) is 18.1 Å². The number of carbonyl (C=O) groups is 1. The fourth-order valence-corrected chi connectivity index (χ4v) is 3.69. The van der Waals surface area contributed by atoms with Crippen LogP contribution >= 0.6 is 11.6 Å². The van der Waals surface area contributed by atoms with Gasteiger partial charge in [-0.25, -0.2) is 12.8 Å². The van der Waals surface area contributed by atoms with Crippen molar-refractivity contribution in [1.82, 2.24) is 0 Å². The van der Waals surface area contributed by atoms with Crippen LogP contribution < -0.4 is 14.4 Å². The van der Waals surface area contributed by atoms with Gasteiger partial charge in [0.25, 0.3) is 0 Å². The summed E-state index contributed by atoms with van der Waals surface area (Å²) in [6.45, 7) is -0.628. The quantitative estimate of drug-likeness (QED) is 0.569. The zero-order valence-corrected chi connectivity index (χ0v) is 17.5. The van der Waals surface area contributed by atoms with E-state index in [0.29, 0.717) is 20.8 Å². The second kappa shape index (κ2) is 9.15. The van der Waals surface area contributed by atoms with Gasteiger partial charge < -0.3 is 10.1 Å². The molecule has 0 heterocycles. The molecule has 156 valence electrons. The Balaban J connectivity index is 1.84. The standard InChI is InChI=1S/C21H18ClFN2O4S/c1-30(27,28)25(19-10-6-5-9-17(19)23)14-21(26)24-18-13-15(22)11-12-20(18)29-16-7-3-2-4-8-16/h2-13H,14H2,1H3,(H,24,26). The molecule has 0 atom stereocenters. The minimum absolute atomic E-state index is 0.220. The first-order valence-corrected chi connectivity index (χ1v) is 11.0. The van der Waals surface area contributed by atoms with Crippen molar-refractivity contribution < 1.29 is 22.3 Å². The number of anilines is 2. The van der Waals surface area contributed by atoms with E-state index < -0.39 is 28.3 Å². The van der Waals surface area contributed by atoms with E-state index in [0.717, 1.165) is 12.3 Å². The predicted molar refractivity (Wildman–Crippen MR) is 115 cm³/mol. The van der Waals surface area contributed by atoms with Crippen molar-refractivity contribution in [2.75, 3.05) is 22.4 Å². The van der Waals surface area contributed by atoms with Gasteiger partial charge in [0.05, 0.1) is 17.6 Å². The summed E-state index contributed by atoms with van der Waals surface area (Å²) < 4.78 is 44.9. The molecule has 0 unspecified atom stereocenters. The van der Waals surface area contributed by atoms with Crippen molar-refractivity contribution in [2.45, 2.75) is 0 Å². The summed E-state index contributed by atoms with van der Waals surface area (Å²) >= 11 is 6.04. The van der Waals surface area contributed by atoms with Crippen LogP contribution in [-0.4, -0.2) is 27.1 Å². The van der Waals surface area contributed by atoms with Crippen LogP contribution in [-0.2, 0) is 14.8 Å². The van der Waals surface area contributed by atoms with Gasteiger partial charge in [-0.2, -0.15) is 0 Å². The van der Waals surface area contributed by atoms with Gasteiger partial charge in [0.15, 0.2) is 5.75 Å². The summed E-state index contributed by atoms with van der Waals surface area (Å²) in [4.78, 5) is 12.6. The highest BCUT2D eigenvalue weighted by atomic mass is 35.5. The molecule has 3 aromatic rings. The number of halogens is 2. The Kier molecular flexibility index (Phi) is 6.59. The Labute approximate surface area is 178 Å². The molecule has 0 bridgehead atoms. The fourth-order valence-electron chi connectivity index (χ4n) is 2.66. The van der Waals surface area contributed by atoms with E-state index in [1.807, 2.05) is 6.07 Å². The average molecular weight is 449 g/mol. The van der Waals surface area contributed by atoms with Gasteiger partial charge in [-0.1, -0.05) is 41.9 Å². The molecular formula is C21H18ClFN2O4S. The van der Waals surface area contributed by atoms with E-state index in [9.17, 15) is 17.6 Å². The molecule has 0 saturated heterocycles. The number of hydrogen-bond acceptors (Lipinski definition) is 4. The third kappa shape index (κ3) is 5.49. The zero-order valence-electron chi connectivity index (χ0n) is 15.9. The molecule has 0 radical (unpaired) electrons. The lowest BCUT2D eigenvalue weighted by Crippen LogP contribution is -2.38. The lowest BCUT2D eigenvalue weighted by molar-refractivity contribution is -0.114. The second-order valence-electron chi connectivity index (χ2n) is 6.32. The molecule has 3 aromatic carbocycles. The summed E-state index contributed by atoms with van der Waals surface area (Å²) in [6, 6.07) is 18.9. The summed E-state index contributed by atoms with van der Waals surface area (Å²) in [7, 11) is -3.92. The number of para-hydroxylation sites is 2. The summed E-state index contributed by atoms with van der Waals surface area (Å²) in [6.07, 6.45) is 0.899. The van der Waals surface area contributed by atoms with Gasteiger partial charge in [-0.05, 0) is 42.5 Å². The van der Waals surface area contributed by atoms with Gasteiger partial charge >= 0.3 is 0 Å². The van der Waals surface area contributed by atoms with E-state index in [1.165, 1.54) is 24.3 Å². The smallest absolute Gasteiger partial charge is 0.245 e. The third-order valence-corrected chi connectivity index (χ3v) is 5.36. The van der Waals surface area contributed by atoms with E-state index in [-0.39, 0.29) is 11.4 Å². The highest BCUT2D eigenvalue weighted by Crippen LogP contribution is 2.32. The minimum atomic E-state index is -3.92. The first-order chi connectivity index (χ1) is 14.2. The lowest BCUT2D eigenvalue weighted by Gasteiger charge is -2.22. The van der Waals surface area contributed by atoms with E-state index >= 15 is 0 Å². The molecule has 0 aliphatic heterocycles. The highest BCUT2D eigenvalue weighted by molar-refractivity contribution is 7.92. The normalized spacial score (nSPS) is 11.0. The van der Waals surface area contributed by atoms with Crippen molar-refractivity contribution in [1.29, 1.82) is 0 Å². The number of carbonyl (C=O) groups excluding carboxylic acids is 1. The number of hydrogen-bond donors (Lipinski definition) is 1. The Morgan fingerprint density at radius 3 is 2.40 bits per heavy atom. The largest absolute Gasteiger partial charge is 0.455 e. The van der Waals surface area contributed by atoms with E-state index in [1.54, 1.807) is 36.4 Å². The lowest BCUT2D eigenvalue weighted by atomic mass is 10.2. The molecule has 0 saturated carbocycles. The molecule has 30 heavy (non-hydrogen) atoms.